The summed E-state index contributed by atoms with van der Waals surface area (Å²) in [6, 6.07) is 21.3. The molecule has 122 valence electrons. The zero-order chi connectivity index (χ0) is 17.1. The molecular formula is C19H14N4OS. The summed E-state index contributed by atoms with van der Waals surface area (Å²) in [6.07, 6.45) is 0. The average Bonchev–Trinajstić information content (AvgIpc) is 3.33. The summed E-state index contributed by atoms with van der Waals surface area (Å²) in [5.74, 6) is -0.261. The molecule has 2 aromatic carbocycles. The Morgan fingerprint density at radius 2 is 1.56 bits per heavy atom. The third kappa shape index (κ3) is 3.34. The molecule has 2 N–H and O–H groups in total. The molecule has 0 saturated carbocycles. The number of carbonyl (C=O) groups excluding carboxylic acids is 1. The van der Waals surface area contributed by atoms with Gasteiger partial charge >= 0.3 is 0 Å². The monoisotopic (exact) mass is 346 g/mol. The Labute approximate surface area is 148 Å². The number of nitrogens with one attached hydrogen (secondary N) is 2. The number of amides is 1. The number of rotatable bonds is 4. The molecule has 0 saturated heterocycles. The average molecular weight is 346 g/mol. The van der Waals surface area contributed by atoms with Gasteiger partial charge in [-0.15, -0.1) is 11.3 Å². The first kappa shape index (κ1) is 15.3. The number of carbonyl (C=O) groups is 1. The highest BCUT2D eigenvalue weighted by atomic mass is 32.1. The lowest BCUT2D eigenvalue weighted by atomic mass is 10.1. The zero-order valence-electron chi connectivity index (χ0n) is 13.1. The summed E-state index contributed by atoms with van der Waals surface area (Å²) < 4.78 is 0. The lowest BCUT2D eigenvalue weighted by molar-refractivity contribution is 0.102. The van der Waals surface area contributed by atoms with Gasteiger partial charge in [0.2, 0.25) is 0 Å². The van der Waals surface area contributed by atoms with Crippen LogP contribution in [0.1, 0.15) is 10.5 Å². The van der Waals surface area contributed by atoms with Crippen molar-refractivity contribution in [3.05, 3.63) is 77.8 Å². The van der Waals surface area contributed by atoms with Crippen LogP contribution in [0.3, 0.4) is 0 Å². The Hall–Kier alpha value is -3.25. The van der Waals surface area contributed by atoms with E-state index in [9.17, 15) is 4.79 Å². The number of nitrogens with zero attached hydrogens (tertiary/aromatic N) is 2. The van der Waals surface area contributed by atoms with E-state index in [2.05, 4.69) is 20.5 Å². The van der Waals surface area contributed by atoms with Crippen LogP contribution in [0.15, 0.2) is 72.1 Å². The van der Waals surface area contributed by atoms with Crippen molar-refractivity contribution in [3.8, 4) is 22.5 Å². The number of anilines is 1. The molecule has 0 aliphatic rings. The van der Waals surface area contributed by atoms with Gasteiger partial charge in [-0.2, -0.15) is 5.10 Å². The fourth-order valence-corrected chi connectivity index (χ4v) is 3.15. The van der Waals surface area contributed by atoms with E-state index in [1.165, 1.54) is 11.3 Å². The molecule has 0 spiro atoms. The van der Waals surface area contributed by atoms with Crippen molar-refractivity contribution in [2.24, 2.45) is 0 Å². The fourth-order valence-electron chi connectivity index (χ4n) is 2.43. The fraction of sp³-hybridized carbons (Fsp3) is 0. The summed E-state index contributed by atoms with van der Waals surface area (Å²) in [5.41, 5.74) is 3.95. The van der Waals surface area contributed by atoms with Crippen molar-refractivity contribution >= 4 is 22.4 Å². The SMILES string of the molecule is O=C(Nc1nc(-c2ccccc2)cs1)c1cc(-c2ccccc2)n[nH]1. The second-order valence-corrected chi connectivity index (χ2v) is 6.25. The molecular weight excluding hydrogens is 332 g/mol. The molecule has 4 rings (SSSR count). The highest BCUT2D eigenvalue weighted by Gasteiger charge is 2.13. The molecule has 0 unspecified atom stereocenters. The van der Waals surface area contributed by atoms with Gasteiger partial charge in [0.05, 0.1) is 11.4 Å². The van der Waals surface area contributed by atoms with Gasteiger partial charge in [0, 0.05) is 16.5 Å². The number of hydrogen-bond donors (Lipinski definition) is 2. The number of thiazole rings is 1. The van der Waals surface area contributed by atoms with Crippen LogP contribution >= 0.6 is 11.3 Å². The zero-order valence-corrected chi connectivity index (χ0v) is 14.0. The van der Waals surface area contributed by atoms with Gasteiger partial charge in [0.1, 0.15) is 5.69 Å². The second-order valence-electron chi connectivity index (χ2n) is 5.39. The van der Waals surface area contributed by atoms with E-state index in [4.69, 9.17) is 0 Å². The smallest absolute Gasteiger partial charge is 0.275 e. The Morgan fingerprint density at radius 3 is 2.24 bits per heavy atom. The van der Waals surface area contributed by atoms with Crippen LogP contribution in [-0.2, 0) is 0 Å². The van der Waals surface area contributed by atoms with Crippen molar-refractivity contribution in [2.75, 3.05) is 5.32 Å². The highest BCUT2D eigenvalue weighted by Crippen LogP contribution is 2.25. The van der Waals surface area contributed by atoms with E-state index in [1.54, 1.807) is 6.07 Å². The molecule has 6 heteroatoms. The van der Waals surface area contributed by atoms with Crippen molar-refractivity contribution in [3.63, 3.8) is 0 Å². The minimum Gasteiger partial charge on any atom is -0.296 e. The Bertz CT molecular complexity index is 992. The summed E-state index contributed by atoms with van der Waals surface area (Å²) in [6.45, 7) is 0. The second kappa shape index (κ2) is 6.70. The molecule has 1 amide bonds. The maximum absolute atomic E-state index is 12.4. The largest absolute Gasteiger partial charge is 0.296 e. The van der Waals surface area contributed by atoms with Crippen molar-refractivity contribution < 1.29 is 4.79 Å². The van der Waals surface area contributed by atoms with Gasteiger partial charge in [0.25, 0.3) is 5.91 Å². The van der Waals surface area contributed by atoms with E-state index in [0.29, 0.717) is 10.8 Å². The van der Waals surface area contributed by atoms with Crippen LogP contribution in [0, 0.1) is 0 Å². The van der Waals surface area contributed by atoms with E-state index in [0.717, 1.165) is 22.5 Å². The molecule has 25 heavy (non-hydrogen) atoms. The van der Waals surface area contributed by atoms with Crippen LogP contribution in [0.25, 0.3) is 22.5 Å². The topological polar surface area (TPSA) is 70.7 Å². The van der Waals surface area contributed by atoms with Gasteiger partial charge < -0.3 is 0 Å². The first-order chi connectivity index (χ1) is 12.3. The van der Waals surface area contributed by atoms with Crippen LogP contribution in [-0.4, -0.2) is 21.1 Å². The number of aromatic amines is 1. The molecule has 0 fully saturated rings. The lowest BCUT2D eigenvalue weighted by Gasteiger charge is -1.98. The summed E-state index contributed by atoms with van der Waals surface area (Å²) in [5, 5.41) is 12.3. The third-order valence-corrected chi connectivity index (χ3v) is 4.44. The number of benzene rings is 2. The van der Waals surface area contributed by atoms with Crippen molar-refractivity contribution in [2.45, 2.75) is 0 Å². The number of hydrogen-bond acceptors (Lipinski definition) is 4. The van der Waals surface area contributed by atoms with Crippen molar-refractivity contribution in [1.29, 1.82) is 0 Å². The van der Waals surface area contributed by atoms with Crippen LogP contribution in [0.2, 0.25) is 0 Å². The molecule has 5 nitrogen and oxygen atoms in total. The van der Waals surface area contributed by atoms with E-state index < -0.39 is 0 Å². The maximum Gasteiger partial charge on any atom is 0.275 e. The van der Waals surface area contributed by atoms with E-state index >= 15 is 0 Å². The Morgan fingerprint density at radius 1 is 0.920 bits per heavy atom. The minimum atomic E-state index is -0.261. The van der Waals surface area contributed by atoms with Gasteiger partial charge in [0.15, 0.2) is 5.13 Å². The first-order valence-corrected chi connectivity index (χ1v) is 8.61. The van der Waals surface area contributed by atoms with Gasteiger partial charge in [-0.1, -0.05) is 60.7 Å². The molecule has 2 aromatic heterocycles. The predicted molar refractivity (Wildman–Crippen MR) is 99.5 cm³/mol. The minimum absolute atomic E-state index is 0.261. The molecule has 0 bridgehead atoms. The van der Waals surface area contributed by atoms with E-state index in [1.807, 2.05) is 66.0 Å². The van der Waals surface area contributed by atoms with Crippen LogP contribution in [0.4, 0.5) is 5.13 Å². The van der Waals surface area contributed by atoms with Crippen LogP contribution < -0.4 is 5.32 Å². The molecule has 0 aliphatic carbocycles. The standard InChI is InChI=1S/C19H14N4OS/c24-18(16-11-15(22-23-16)13-7-3-1-4-8-13)21-19-20-17(12-25-19)14-9-5-2-6-10-14/h1-12H,(H,22,23)(H,20,21,24). The molecule has 0 atom stereocenters. The highest BCUT2D eigenvalue weighted by molar-refractivity contribution is 7.14. The predicted octanol–water partition coefficient (Wildman–Crippen LogP) is 4.45. The van der Waals surface area contributed by atoms with E-state index in [-0.39, 0.29) is 5.91 Å². The third-order valence-electron chi connectivity index (χ3n) is 3.69. The normalized spacial score (nSPS) is 10.6. The summed E-state index contributed by atoms with van der Waals surface area (Å²) >= 11 is 1.39. The molecule has 4 aromatic rings. The van der Waals surface area contributed by atoms with Gasteiger partial charge in [-0.3, -0.25) is 15.2 Å². The van der Waals surface area contributed by atoms with Gasteiger partial charge in [-0.05, 0) is 6.07 Å². The lowest BCUT2D eigenvalue weighted by Crippen LogP contribution is -2.12. The quantitative estimate of drug-likeness (QED) is 0.573. The summed E-state index contributed by atoms with van der Waals surface area (Å²) in [7, 11) is 0. The number of aromatic nitrogens is 3. The van der Waals surface area contributed by atoms with Gasteiger partial charge in [-0.25, -0.2) is 4.98 Å². The molecule has 0 radical (unpaired) electrons. The number of H-pyrrole nitrogens is 1. The Balaban J connectivity index is 1.50. The Kier molecular flexibility index (Phi) is 4.10. The van der Waals surface area contributed by atoms with Crippen LogP contribution in [0.5, 0.6) is 0 Å². The maximum atomic E-state index is 12.4. The molecule has 0 aliphatic heterocycles. The van der Waals surface area contributed by atoms with Crippen molar-refractivity contribution in [1.82, 2.24) is 15.2 Å². The first-order valence-electron chi connectivity index (χ1n) is 7.73. The molecule has 2 heterocycles. The summed E-state index contributed by atoms with van der Waals surface area (Å²) in [4.78, 5) is 16.9.